The van der Waals surface area contributed by atoms with Gasteiger partial charge in [-0.1, -0.05) is 0 Å². The third kappa shape index (κ3) is 2.57. The number of allylic oxidation sites excluding steroid dienone is 6. The van der Waals surface area contributed by atoms with Crippen LogP contribution >= 0.6 is 0 Å². The topological polar surface area (TPSA) is 95.6 Å². The predicted octanol–water partition coefficient (Wildman–Crippen LogP) is 0.386. The second-order valence-electron chi connectivity index (χ2n) is 6.41. The lowest BCUT2D eigenvalue weighted by Crippen LogP contribution is -2.27. The Kier molecular flexibility index (Phi) is 3.05. The lowest BCUT2D eigenvalue weighted by Gasteiger charge is -2.06. The number of carbonyl (C=O) groups is 1. The second kappa shape index (κ2) is 5.42. The van der Waals surface area contributed by atoms with E-state index in [1.165, 1.54) is 0 Å². The number of rotatable bonds is 0. The molecule has 0 saturated heterocycles. The Balaban J connectivity index is 1.70. The molecule has 1 aromatic rings. The first-order valence-corrected chi connectivity index (χ1v) is 8.29. The first-order valence-electron chi connectivity index (χ1n) is 8.29. The Morgan fingerprint density at radius 1 is 0.923 bits per heavy atom. The second-order valence-corrected chi connectivity index (χ2v) is 6.41. The van der Waals surface area contributed by atoms with Crippen LogP contribution in [0.3, 0.4) is 0 Å². The van der Waals surface area contributed by atoms with Gasteiger partial charge in [0, 0.05) is 17.1 Å². The molecule has 0 fully saturated rings. The maximum Gasteiger partial charge on any atom is 0.183 e. The number of fused-ring (bicyclic) bond motifs is 6. The summed E-state index contributed by atoms with van der Waals surface area (Å²) in [5.74, 6) is -0.00655. The van der Waals surface area contributed by atoms with Gasteiger partial charge in [-0.05, 0) is 54.7 Å². The van der Waals surface area contributed by atoms with Crippen LogP contribution < -0.4 is 21.7 Å². The fraction of sp³-hybridized carbons (Fsp3) is 0.0500. The summed E-state index contributed by atoms with van der Waals surface area (Å²) in [5, 5.41) is 4.81. The molecule has 0 spiro atoms. The number of aromatic nitrogens is 1. The average Bonchev–Trinajstić information content (AvgIpc) is 3.34. The van der Waals surface area contributed by atoms with Crippen LogP contribution in [-0.4, -0.2) is 28.2 Å². The summed E-state index contributed by atoms with van der Waals surface area (Å²) in [6, 6.07) is 1.43. The van der Waals surface area contributed by atoms with E-state index < -0.39 is 6.04 Å². The molecule has 0 saturated carbocycles. The summed E-state index contributed by atoms with van der Waals surface area (Å²) in [6.45, 7) is 0. The van der Waals surface area contributed by atoms with Crippen molar-refractivity contribution in [1.29, 1.82) is 0 Å². The zero-order valence-electron chi connectivity index (χ0n) is 13.7. The molecule has 6 heteroatoms. The van der Waals surface area contributed by atoms with Gasteiger partial charge in [-0.3, -0.25) is 4.79 Å². The van der Waals surface area contributed by atoms with Crippen LogP contribution in [0.1, 0.15) is 0 Å². The van der Waals surface area contributed by atoms with E-state index in [1.54, 1.807) is 6.08 Å². The van der Waals surface area contributed by atoms with Gasteiger partial charge in [0.05, 0.1) is 33.9 Å². The molecule has 6 nitrogen and oxygen atoms in total. The highest BCUT2D eigenvalue weighted by Crippen LogP contribution is 2.17. The minimum atomic E-state index is -0.428. The van der Waals surface area contributed by atoms with Crippen LogP contribution in [0.25, 0.3) is 12.2 Å². The molecule has 4 aliphatic rings. The van der Waals surface area contributed by atoms with Gasteiger partial charge in [0.15, 0.2) is 5.78 Å². The van der Waals surface area contributed by atoms with Crippen molar-refractivity contribution in [2.75, 3.05) is 5.73 Å². The number of aliphatic imine (C=N–C) groups is 2. The van der Waals surface area contributed by atoms with Gasteiger partial charge >= 0.3 is 0 Å². The van der Waals surface area contributed by atoms with Crippen LogP contribution in [0.5, 0.6) is 0 Å². The highest BCUT2D eigenvalue weighted by Gasteiger charge is 2.22. The summed E-state index contributed by atoms with van der Waals surface area (Å²) in [6.07, 6.45) is 16.8. The Labute approximate surface area is 148 Å². The minimum absolute atomic E-state index is 0.00655. The number of nitrogens with one attached hydrogen (secondary N) is 2. The molecular weight excluding hydrogens is 326 g/mol. The van der Waals surface area contributed by atoms with Crippen LogP contribution in [0.2, 0.25) is 0 Å². The third-order valence-corrected chi connectivity index (χ3v) is 4.43. The highest BCUT2D eigenvalue weighted by molar-refractivity contribution is 6.20. The zero-order valence-corrected chi connectivity index (χ0v) is 13.7. The number of hydrogen-bond acceptors (Lipinski definition) is 5. The fourth-order valence-electron chi connectivity index (χ4n) is 3.21. The van der Waals surface area contributed by atoms with E-state index >= 15 is 0 Å². The molecule has 0 aromatic carbocycles. The molecular formula is C20H15N5O. The van der Waals surface area contributed by atoms with Crippen molar-refractivity contribution >= 4 is 35.0 Å². The zero-order chi connectivity index (χ0) is 17.7. The third-order valence-electron chi connectivity index (χ3n) is 4.43. The van der Waals surface area contributed by atoms with Crippen LogP contribution in [0.15, 0.2) is 75.7 Å². The van der Waals surface area contributed by atoms with Crippen LogP contribution in [0.4, 0.5) is 5.69 Å². The summed E-state index contributed by atoms with van der Waals surface area (Å²) in [7, 11) is 0. The summed E-state index contributed by atoms with van der Waals surface area (Å²) < 4.78 is 0. The maximum absolute atomic E-state index is 12.3. The molecule has 1 aromatic heterocycles. The molecule has 5 heterocycles. The van der Waals surface area contributed by atoms with Crippen molar-refractivity contribution in [3.05, 3.63) is 76.4 Å². The molecule has 1 unspecified atom stereocenters. The van der Waals surface area contributed by atoms with Crippen molar-refractivity contribution in [2.45, 2.75) is 6.04 Å². The van der Waals surface area contributed by atoms with E-state index in [4.69, 9.17) is 5.73 Å². The first kappa shape index (κ1) is 14.7. The molecule has 0 aliphatic carbocycles. The molecule has 8 bridgehead atoms. The van der Waals surface area contributed by atoms with E-state index in [0.717, 1.165) is 39.2 Å². The van der Waals surface area contributed by atoms with E-state index in [9.17, 15) is 4.79 Å². The molecule has 26 heavy (non-hydrogen) atoms. The van der Waals surface area contributed by atoms with E-state index in [0.29, 0.717) is 5.69 Å². The number of H-pyrrole nitrogens is 1. The first-order chi connectivity index (χ1) is 12.6. The fourth-order valence-corrected chi connectivity index (χ4v) is 3.21. The van der Waals surface area contributed by atoms with Crippen molar-refractivity contribution < 1.29 is 4.79 Å². The number of carbonyl (C=O) groups excluding carboxylic acids is 1. The Morgan fingerprint density at radius 2 is 1.69 bits per heavy atom. The molecule has 126 valence electrons. The Hall–Kier alpha value is -3.67. The van der Waals surface area contributed by atoms with E-state index in [1.807, 2.05) is 54.7 Å². The standard InChI is InChI=1S/C20H15N5O/c21-17-7-15-6-13-2-1-11(22-13)5-12-3-4-14(23-12)8-19-20(26)10-16(25-19)9-18(17)24-15/h1-10,19,24-25H,21H2. The monoisotopic (exact) mass is 341 g/mol. The van der Waals surface area contributed by atoms with Crippen molar-refractivity contribution in [1.82, 2.24) is 10.3 Å². The number of nitrogens with two attached hydrogens (primary N) is 1. The van der Waals surface area contributed by atoms with Crippen molar-refractivity contribution in [3.8, 4) is 0 Å². The summed E-state index contributed by atoms with van der Waals surface area (Å²) >= 11 is 0. The summed E-state index contributed by atoms with van der Waals surface area (Å²) in [5.41, 5.74) is 10.7. The van der Waals surface area contributed by atoms with Crippen LogP contribution in [-0.2, 0) is 4.79 Å². The lowest BCUT2D eigenvalue weighted by atomic mass is 10.2. The molecule has 0 radical (unpaired) electrons. The predicted molar refractivity (Wildman–Crippen MR) is 103 cm³/mol. The number of anilines is 1. The van der Waals surface area contributed by atoms with Gasteiger partial charge in [0.2, 0.25) is 0 Å². The van der Waals surface area contributed by atoms with Gasteiger partial charge in [-0.15, -0.1) is 0 Å². The molecule has 1 atom stereocenters. The molecule has 4 N–H and O–H groups in total. The van der Waals surface area contributed by atoms with Gasteiger partial charge < -0.3 is 16.0 Å². The smallest absolute Gasteiger partial charge is 0.183 e. The minimum Gasteiger partial charge on any atom is -0.397 e. The summed E-state index contributed by atoms with van der Waals surface area (Å²) in [4.78, 5) is 24.6. The maximum atomic E-state index is 12.3. The van der Waals surface area contributed by atoms with Gasteiger partial charge in [0.1, 0.15) is 6.04 Å². The Bertz CT molecular complexity index is 1180. The van der Waals surface area contributed by atoms with Gasteiger partial charge in [-0.2, -0.15) is 0 Å². The number of hydrogen-bond donors (Lipinski definition) is 3. The SMILES string of the molecule is Nc1cc2[nH]c1=CC1=CC(=O)C(C=C3C=CC(=N3)C=C3C=CC(=N3)C=2)N1. The van der Waals surface area contributed by atoms with Gasteiger partial charge in [-0.25, -0.2) is 9.98 Å². The average molecular weight is 341 g/mol. The molecule has 0 amide bonds. The van der Waals surface area contributed by atoms with E-state index in [-0.39, 0.29) is 5.78 Å². The van der Waals surface area contributed by atoms with Crippen LogP contribution in [0, 0.1) is 0 Å². The normalized spacial score (nSPS) is 22.7. The number of ketones is 1. The highest BCUT2D eigenvalue weighted by atomic mass is 16.1. The largest absolute Gasteiger partial charge is 0.397 e. The Morgan fingerprint density at radius 3 is 2.58 bits per heavy atom. The lowest BCUT2D eigenvalue weighted by molar-refractivity contribution is -0.114. The van der Waals surface area contributed by atoms with Gasteiger partial charge in [0.25, 0.3) is 0 Å². The number of aromatic amines is 1. The van der Waals surface area contributed by atoms with Crippen molar-refractivity contribution in [3.63, 3.8) is 0 Å². The molecule has 4 aliphatic heterocycles. The quantitative estimate of drug-likeness (QED) is 0.637. The van der Waals surface area contributed by atoms with E-state index in [2.05, 4.69) is 20.3 Å². The van der Waals surface area contributed by atoms with Crippen molar-refractivity contribution in [2.24, 2.45) is 9.98 Å². The number of nitrogen functional groups attached to an aromatic ring is 1. The molecule has 5 rings (SSSR count). The number of nitrogens with zero attached hydrogens (tertiary/aromatic N) is 2.